The Bertz CT molecular complexity index is 373. The molecule has 0 amide bonds. The zero-order valence-corrected chi connectivity index (χ0v) is 9.44. The molecule has 0 aliphatic carbocycles. The van der Waals surface area contributed by atoms with Gasteiger partial charge in [0.1, 0.15) is 6.61 Å². The Balaban J connectivity index is 2.11. The standard InChI is InChI=1S/C13H16O3/c1-2-3-4-10-5-6-12-13(7-10)15-9-11(8-14)16-12/h5-8,11H,2-4,9H2,1H3. The third-order valence-electron chi connectivity index (χ3n) is 2.66. The van der Waals surface area contributed by atoms with Crippen molar-refractivity contribution in [2.75, 3.05) is 6.61 Å². The smallest absolute Gasteiger partial charge is 0.187 e. The first-order valence-corrected chi connectivity index (χ1v) is 5.71. The minimum absolute atomic E-state index is 0.313. The van der Waals surface area contributed by atoms with Crippen molar-refractivity contribution < 1.29 is 14.3 Å². The Morgan fingerprint density at radius 1 is 1.44 bits per heavy atom. The van der Waals surface area contributed by atoms with E-state index in [-0.39, 0.29) is 0 Å². The van der Waals surface area contributed by atoms with E-state index >= 15 is 0 Å². The van der Waals surface area contributed by atoms with E-state index in [9.17, 15) is 4.79 Å². The average molecular weight is 220 g/mol. The summed E-state index contributed by atoms with van der Waals surface area (Å²) >= 11 is 0. The summed E-state index contributed by atoms with van der Waals surface area (Å²) in [7, 11) is 0. The highest BCUT2D eigenvalue weighted by Gasteiger charge is 2.20. The van der Waals surface area contributed by atoms with Gasteiger partial charge in [-0.3, -0.25) is 4.79 Å². The summed E-state index contributed by atoms with van der Waals surface area (Å²) in [5, 5.41) is 0. The predicted octanol–water partition coefficient (Wildman–Crippen LogP) is 2.37. The second-order valence-corrected chi connectivity index (χ2v) is 3.99. The fourth-order valence-corrected chi connectivity index (χ4v) is 1.74. The van der Waals surface area contributed by atoms with E-state index in [1.807, 2.05) is 18.2 Å². The molecule has 16 heavy (non-hydrogen) atoms. The topological polar surface area (TPSA) is 35.5 Å². The van der Waals surface area contributed by atoms with Crippen LogP contribution >= 0.6 is 0 Å². The van der Waals surface area contributed by atoms with Crippen molar-refractivity contribution in [3.05, 3.63) is 23.8 Å². The van der Waals surface area contributed by atoms with Crippen LogP contribution in [0.4, 0.5) is 0 Å². The van der Waals surface area contributed by atoms with Gasteiger partial charge in [0.25, 0.3) is 0 Å². The molecular weight excluding hydrogens is 204 g/mol. The number of aldehydes is 1. The zero-order valence-electron chi connectivity index (χ0n) is 9.44. The van der Waals surface area contributed by atoms with E-state index in [0.29, 0.717) is 12.4 Å². The van der Waals surface area contributed by atoms with Crippen LogP contribution in [0.2, 0.25) is 0 Å². The summed E-state index contributed by atoms with van der Waals surface area (Å²) in [5.41, 5.74) is 1.26. The number of benzene rings is 1. The van der Waals surface area contributed by atoms with Gasteiger partial charge in [0.05, 0.1) is 0 Å². The lowest BCUT2D eigenvalue weighted by Gasteiger charge is -2.23. The van der Waals surface area contributed by atoms with Gasteiger partial charge < -0.3 is 9.47 Å². The van der Waals surface area contributed by atoms with Crippen molar-refractivity contribution in [1.29, 1.82) is 0 Å². The summed E-state index contributed by atoms with van der Waals surface area (Å²) in [6.45, 7) is 2.49. The maximum absolute atomic E-state index is 10.6. The summed E-state index contributed by atoms with van der Waals surface area (Å²) < 4.78 is 10.9. The molecule has 0 bridgehead atoms. The molecule has 1 aromatic rings. The van der Waals surface area contributed by atoms with Gasteiger partial charge in [0, 0.05) is 0 Å². The number of carbonyl (C=O) groups excluding carboxylic acids is 1. The van der Waals surface area contributed by atoms with Crippen molar-refractivity contribution in [2.24, 2.45) is 0 Å². The largest absolute Gasteiger partial charge is 0.485 e. The molecule has 1 aliphatic heterocycles. The Labute approximate surface area is 95.4 Å². The molecule has 1 aromatic carbocycles. The van der Waals surface area contributed by atoms with Crippen LogP contribution in [0.15, 0.2) is 18.2 Å². The first kappa shape index (κ1) is 11.0. The van der Waals surface area contributed by atoms with E-state index in [0.717, 1.165) is 18.5 Å². The van der Waals surface area contributed by atoms with Crippen LogP contribution in [-0.4, -0.2) is 19.0 Å². The summed E-state index contributed by atoms with van der Waals surface area (Å²) in [6.07, 6.45) is 3.73. The maximum Gasteiger partial charge on any atom is 0.187 e. The van der Waals surface area contributed by atoms with Crippen molar-refractivity contribution >= 4 is 6.29 Å². The van der Waals surface area contributed by atoms with E-state index < -0.39 is 6.10 Å². The van der Waals surface area contributed by atoms with Crippen LogP contribution in [0.1, 0.15) is 25.3 Å². The molecule has 0 aromatic heterocycles. The van der Waals surface area contributed by atoms with E-state index in [2.05, 4.69) is 6.92 Å². The average Bonchev–Trinajstić information content (AvgIpc) is 2.35. The SMILES string of the molecule is CCCCc1ccc2c(c1)OCC(C=O)O2. The lowest BCUT2D eigenvalue weighted by molar-refractivity contribution is -0.115. The molecule has 0 fully saturated rings. The van der Waals surface area contributed by atoms with Crippen molar-refractivity contribution in [2.45, 2.75) is 32.3 Å². The monoisotopic (exact) mass is 220 g/mol. The number of aryl methyl sites for hydroxylation is 1. The molecule has 1 unspecified atom stereocenters. The van der Waals surface area contributed by atoms with Crippen LogP contribution in [-0.2, 0) is 11.2 Å². The number of unbranched alkanes of at least 4 members (excludes halogenated alkanes) is 1. The predicted molar refractivity (Wildman–Crippen MR) is 61.0 cm³/mol. The molecule has 1 aliphatic rings. The van der Waals surface area contributed by atoms with Gasteiger partial charge in [-0.15, -0.1) is 0 Å². The van der Waals surface area contributed by atoms with Crippen LogP contribution in [0, 0.1) is 0 Å². The van der Waals surface area contributed by atoms with Crippen LogP contribution in [0.5, 0.6) is 11.5 Å². The number of hydrogen-bond acceptors (Lipinski definition) is 3. The van der Waals surface area contributed by atoms with E-state index in [1.54, 1.807) is 0 Å². The van der Waals surface area contributed by atoms with Gasteiger partial charge >= 0.3 is 0 Å². The van der Waals surface area contributed by atoms with Crippen LogP contribution in [0.25, 0.3) is 0 Å². The summed E-state index contributed by atoms with van der Waals surface area (Å²) in [4.78, 5) is 10.6. The minimum atomic E-state index is -0.464. The number of rotatable bonds is 4. The second-order valence-electron chi connectivity index (χ2n) is 3.99. The molecule has 0 spiro atoms. The summed E-state index contributed by atoms with van der Waals surface area (Å²) in [5.74, 6) is 1.43. The van der Waals surface area contributed by atoms with Gasteiger partial charge in [-0.25, -0.2) is 0 Å². The molecule has 3 heteroatoms. The van der Waals surface area contributed by atoms with Crippen molar-refractivity contribution in [1.82, 2.24) is 0 Å². The molecule has 0 N–H and O–H groups in total. The third-order valence-corrected chi connectivity index (χ3v) is 2.66. The highest BCUT2D eigenvalue weighted by molar-refractivity contribution is 5.59. The molecule has 1 heterocycles. The fourth-order valence-electron chi connectivity index (χ4n) is 1.74. The van der Waals surface area contributed by atoms with Gasteiger partial charge in [-0.1, -0.05) is 19.4 Å². The quantitative estimate of drug-likeness (QED) is 0.731. The number of fused-ring (bicyclic) bond motifs is 1. The zero-order chi connectivity index (χ0) is 11.4. The van der Waals surface area contributed by atoms with E-state index in [4.69, 9.17) is 9.47 Å². The number of hydrogen-bond donors (Lipinski definition) is 0. The Morgan fingerprint density at radius 3 is 3.06 bits per heavy atom. The Morgan fingerprint density at radius 2 is 2.31 bits per heavy atom. The number of ether oxygens (including phenoxy) is 2. The minimum Gasteiger partial charge on any atom is -0.485 e. The fraction of sp³-hybridized carbons (Fsp3) is 0.462. The van der Waals surface area contributed by atoms with Gasteiger partial charge in [0.2, 0.25) is 0 Å². The van der Waals surface area contributed by atoms with Gasteiger partial charge in [0.15, 0.2) is 23.9 Å². The first-order chi connectivity index (χ1) is 7.83. The van der Waals surface area contributed by atoms with Crippen molar-refractivity contribution in [3.8, 4) is 11.5 Å². The maximum atomic E-state index is 10.6. The number of carbonyl (C=O) groups is 1. The molecule has 0 saturated carbocycles. The van der Waals surface area contributed by atoms with Gasteiger partial charge in [-0.2, -0.15) is 0 Å². The molecular formula is C13H16O3. The van der Waals surface area contributed by atoms with Crippen LogP contribution in [0.3, 0.4) is 0 Å². The Kier molecular flexibility index (Phi) is 3.44. The first-order valence-electron chi connectivity index (χ1n) is 5.71. The molecule has 3 nitrogen and oxygen atoms in total. The van der Waals surface area contributed by atoms with Crippen molar-refractivity contribution in [3.63, 3.8) is 0 Å². The second kappa shape index (κ2) is 5.01. The molecule has 0 radical (unpaired) electrons. The molecule has 0 saturated heterocycles. The lowest BCUT2D eigenvalue weighted by Crippen LogP contribution is -2.30. The van der Waals surface area contributed by atoms with E-state index in [1.165, 1.54) is 18.4 Å². The molecule has 86 valence electrons. The van der Waals surface area contributed by atoms with Crippen LogP contribution < -0.4 is 9.47 Å². The van der Waals surface area contributed by atoms with Gasteiger partial charge in [-0.05, 0) is 30.5 Å². The normalized spacial score (nSPS) is 18.2. The molecule has 1 atom stereocenters. The summed E-state index contributed by atoms with van der Waals surface area (Å²) in [6, 6.07) is 5.92. The highest BCUT2D eigenvalue weighted by Crippen LogP contribution is 2.32. The third kappa shape index (κ3) is 2.35. The molecule has 2 rings (SSSR count). The highest BCUT2D eigenvalue weighted by atomic mass is 16.6. The Hall–Kier alpha value is -1.51. The lowest BCUT2D eigenvalue weighted by atomic mass is 10.1.